The second kappa shape index (κ2) is 6.66. The van der Waals surface area contributed by atoms with Gasteiger partial charge < -0.3 is 10.5 Å². The van der Waals surface area contributed by atoms with E-state index in [1.165, 1.54) is 11.1 Å². The first-order chi connectivity index (χ1) is 7.69. The molecule has 0 saturated heterocycles. The molecule has 2 nitrogen and oxygen atoms in total. The van der Waals surface area contributed by atoms with Crippen molar-refractivity contribution in [3.8, 4) is 0 Å². The van der Waals surface area contributed by atoms with Crippen molar-refractivity contribution in [3.05, 3.63) is 35.4 Å². The van der Waals surface area contributed by atoms with Gasteiger partial charge in [0.25, 0.3) is 0 Å². The van der Waals surface area contributed by atoms with Crippen molar-refractivity contribution >= 4 is 0 Å². The van der Waals surface area contributed by atoms with Gasteiger partial charge in [0.2, 0.25) is 0 Å². The first-order valence-corrected chi connectivity index (χ1v) is 6.01. The SMILES string of the molecule is COC(CCCN)c1ccc(C(C)C)cc1. The number of hydrogen-bond donors (Lipinski definition) is 1. The topological polar surface area (TPSA) is 35.2 Å². The van der Waals surface area contributed by atoms with Crippen LogP contribution in [0.4, 0.5) is 0 Å². The summed E-state index contributed by atoms with van der Waals surface area (Å²) in [5.74, 6) is 0.582. The van der Waals surface area contributed by atoms with Gasteiger partial charge in [-0.05, 0) is 36.4 Å². The molecule has 0 aromatic heterocycles. The van der Waals surface area contributed by atoms with Gasteiger partial charge >= 0.3 is 0 Å². The highest BCUT2D eigenvalue weighted by Gasteiger charge is 2.09. The summed E-state index contributed by atoms with van der Waals surface area (Å²) in [5, 5.41) is 0. The Labute approximate surface area is 98.8 Å². The average Bonchev–Trinajstić information content (AvgIpc) is 2.30. The summed E-state index contributed by atoms with van der Waals surface area (Å²) in [7, 11) is 1.76. The van der Waals surface area contributed by atoms with Crippen LogP contribution in [0.15, 0.2) is 24.3 Å². The third-order valence-corrected chi connectivity index (χ3v) is 2.93. The number of benzene rings is 1. The molecule has 0 bridgehead atoms. The number of rotatable bonds is 6. The third kappa shape index (κ3) is 3.62. The van der Waals surface area contributed by atoms with Crippen LogP contribution in [-0.4, -0.2) is 13.7 Å². The fraction of sp³-hybridized carbons (Fsp3) is 0.571. The van der Waals surface area contributed by atoms with Crippen LogP contribution in [0.1, 0.15) is 49.8 Å². The zero-order chi connectivity index (χ0) is 12.0. The van der Waals surface area contributed by atoms with Gasteiger partial charge in [-0.1, -0.05) is 38.1 Å². The van der Waals surface area contributed by atoms with E-state index in [1.807, 2.05) is 0 Å². The first kappa shape index (κ1) is 13.2. The van der Waals surface area contributed by atoms with Crippen molar-refractivity contribution in [1.82, 2.24) is 0 Å². The summed E-state index contributed by atoms with van der Waals surface area (Å²) in [4.78, 5) is 0. The van der Waals surface area contributed by atoms with Gasteiger partial charge in [-0.15, -0.1) is 0 Å². The van der Waals surface area contributed by atoms with Gasteiger partial charge in [-0.2, -0.15) is 0 Å². The summed E-state index contributed by atoms with van der Waals surface area (Å²) in [6.07, 6.45) is 2.18. The summed E-state index contributed by atoms with van der Waals surface area (Å²) in [6, 6.07) is 8.71. The van der Waals surface area contributed by atoms with Gasteiger partial charge in [-0.3, -0.25) is 0 Å². The molecule has 0 spiro atoms. The molecule has 90 valence electrons. The van der Waals surface area contributed by atoms with E-state index < -0.39 is 0 Å². The average molecular weight is 221 g/mol. The van der Waals surface area contributed by atoms with Crippen molar-refractivity contribution in [2.75, 3.05) is 13.7 Å². The Kier molecular flexibility index (Phi) is 5.50. The lowest BCUT2D eigenvalue weighted by Gasteiger charge is -2.16. The van der Waals surface area contributed by atoms with E-state index in [-0.39, 0.29) is 6.10 Å². The van der Waals surface area contributed by atoms with Gasteiger partial charge in [0, 0.05) is 7.11 Å². The first-order valence-electron chi connectivity index (χ1n) is 6.01. The zero-order valence-electron chi connectivity index (χ0n) is 10.6. The molecule has 1 aromatic carbocycles. The van der Waals surface area contributed by atoms with E-state index in [4.69, 9.17) is 10.5 Å². The minimum absolute atomic E-state index is 0.185. The van der Waals surface area contributed by atoms with Crippen molar-refractivity contribution in [2.45, 2.75) is 38.7 Å². The Balaban J connectivity index is 2.70. The quantitative estimate of drug-likeness (QED) is 0.800. The predicted molar refractivity (Wildman–Crippen MR) is 68.6 cm³/mol. The van der Waals surface area contributed by atoms with Crippen LogP contribution >= 0.6 is 0 Å². The van der Waals surface area contributed by atoms with Gasteiger partial charge in [0.1, 0.15) is 0 Å². The second-order valence-electron chi connectivity index (χ2n) is 4.48. The molecule has 1 rings (SSSR count). The highest BCUT2D eigenvalue weighted by atomic mass is 16.5. The van der Waals surface area contributed by atoms with E-state index in [2.05, 4.69) is 38.1 Å². The van der Waals surface area contributed by atoms with Crippen LogP contribution in [0.3, 0.4) is 0 Å². The number of nitrogens with two attached hydrogens (primary N) is 1. The molecule has 0 saturated carbocycles. The minimum atomic E-state index is 0.185. The number of methoxy groups -OCH3 is 1. The Morgan fingerprint density at radius 2 is 1.69 bits per heavy atom. The molecule has 1 atom stereocenters. The fourth-order valence-corrected chi connectivity index (χ4v) is 1.82. The highest BCUT2D eigenvalue weighted by molar-refractivity contribution is 5.26. The summed E-state index contributed by atoms with van der Waals surface area (Å²) < 4.78 is 5.48. The van der Waals surface area contributed by atoms with Crippen LogP contribution in [0.2, 0.25) is 0 Å². The molecule has 2 N–H and O–H groups in total. The van der Waals surface area contributed by atoms with Crippen LogP contribution in [-0.2, 0) is 4.74 Å². The molecule has 16 heavy (non-hydrogen) atoms. The maximum Gasteiger partial charge on any atom is 0.0821 e. The zero-order valence-corrected chi connectivity index (χ0v) is 10.6. The van der Waals surface area contributed by atoms with E-state index >= 15 is 0 Å². The predicted octanol–water partition coefficient (Wildman–Crippen LogP) is 3.24. The molecule has 0 aliphatic carbocycles. The molecule has 1 unspecified atom stereocenters. The van der Waals surface area contributed by atoms with Crippen LogP contribution < -0.4 is 5.73 Å². The van der Waals surface area contributed by atoms with Crippen molar-refractivity contribution in [2.24, 2.45) is 5.73 Å². The fourth-order valence-electron chi connectivity index (χ4n) is 1.82. The molecule has 0 heterocycles. The monoisotopic (exact) mass is 221 g/mol. The second-order valence-corrected chi connectivity index (χ2v) is 4.48. The molecule has 0 fully saturated rings. The van der Waals surface area contributed by atoms with Crippen LogP contribution in [0.5, 0.6) is 0 Å². The largest absolute Gasteiger partial charge is 0.377 e. The molecular weight excluding hydrogens is 198 g/mol. The lowest BCUT2D eigenvalue weighted by atomic mass is 9.98. The summed E-state index contributed by atoms with van der Waals surface area (Å²) in [6.45, 7) is 5.14. The van der Waals surface area contributed by atoms with Crippen LogP contribution in [0, 0.1) is 0 Å². The third-order valence-electron chi connectivity index (χ3n) is 2.93. The smallest absolute Gasteiger partial charge is 0.0821 e. The number of hydrogen-bond acceptors (Lipinski definition) is 2. The normalized spacial score (nSPS) is 13.1. The molecule has 2 heteroatoms. The van der Waals surface area contributed by atoms with Crippen molar-refractivity contribution in [3.63, 3.8) is 0 Å². The molecule has 0 aliphatic rings. The number of ether oxygens (including phenoxy) is 1. The Morgan fingerprint density at radius 1 is 1.12 bits per heavy atom. The van der Waals surface area contributed by atoms with Crippen molar-refractivity contribution < 1.29 is 4.74 Å². The van der Waals surface area contributed by atoms with Gasteiger partial charge in [0.15, 0.2) is 0 Å². The van der Waals surface area contributed by atoms with Gasteiger partial charge in [-0.25, -0.2) is 0 Å². The van der Waals surface area contributed by atoms with E-state index in [0.29, 0.717) is 5.92 Å². The maximum atomic E-state index is 5.52. The lowest BCUT2D eigenvalue weighted by molar-refractivity contribution is 0.0943. The molecule has 0 amide bonds. The van der Waals surface area contributed by atoms with E-state index in [0.717, 1.165) is 19.4 Å². The molecular formula is C14H23NO. The highest BCUT2D eigenvalue weighted by Crippen LogP contribution is 2.23. The maximum absolute atomic E-state index is 5.52. The van der Waals surface area contributed by atoms with E-state index in [9.17, 15) is 0 Å². The standard InChI is InChI=1S/C14H23NO/c1-11(2)12-6-8-13(9-7-12)14(16-3)5-4-10-15/h6-9,11,14H,4-5,10,15H2,1-3H3. The lowest BCUT2D eigenvalue weighted by Crippen LogP contribution is -2.06. The summed E-state index contributed by atoms with van der Waals surface area (Å²) in [5.41, 5.74) is 8.14. The molecule has 0 radical (unpaired) electrons. The Bertz CT molecular complexity index is 292. The minimum Gasteiger partial charge on any atom is -0.377 e. The van der Waals surface area contributed by atoms with E-state index in [1.54, 1.807) is 7.11 Å². The van der Waals surface area contributed by atoms with Crippen molar-refractivity contribution in [1.29, 1.82) is 0 Å². The van der Waals surface area contributed by atoms with Gasteiger partial charge in [0.05, 0.1) is 6.10 Å². The summed E-state index contributed by atoms with van der Waals surface area (Å²) >= 11 is 0. The molecule has 1 aromatic rings. The Morgan fingerprint density at radius 3 is 2.12 bits per heavy atom. The Hall–Kier alpha value is -0.860. The molecule has 0 aliphatic heterocycles. The van der Waals surface area contributed by atoms with Crippen LogP contribution in [0.25, 0.3) is 0 Å².